The van der Waals surface area contributed by atoms with Gasteiger partial charge in [0.1, 0.15) is 23.4 Å². The number of hydrogen-bond donors (Lipinski definition) is 3. The summed E-state index contributed by atoms with van der Waals surface area (Å²) in [6.45, 7) is 9.38. The number of ether oxygens (including phenoxy) is 1. The van der Waals surface area contributed by atoms with Gasteiger partial charge in [0.2, 0.25) is 11.8 Å². The lowest BCUT2D eigenvalue weighted by molar-refractivity contribution is -0.143. The number of benzene rings is 3. The molecule has 3 aromatic rings. The molecule has 1 aliphatic carbocycles. The highest BCUT2D eigenvalue weighted by atomic mass is 16.6. The lowest BCUT2D eigenvalue weighted by atomic mass is 9.98. The number of carbonyl (C=O) groups excluding carboxylic acids is 3. The molecular weight excluding hydrogens is 530 g/mol. The number of phenolic OH excluding ortho intramolecular Hbond substituents is 1. The third kappa shape index (κ3) is 8.12. The van der Waals surface area contributed by atoms with E-state index in [0.717, 1.165) is 17.5 Å². The molecule has 1 saturated carbocycles. The third-order valence-corrected chi connectivity index (χ3v) is 7.32. The predicted molar refractivity (Wildman–Crippen MR) is 162 cm³/mol. The smallest absolute Gasteiger partial charge is 0.408 e. The van der Waals surface area contributed by atoms with Crippen LogP contribution in [0, 0.1) is 12.8 Å². The van der Waals surface area contributed by atoms with Gasteiger partial charge in [0.15, 0.2) is 0 Å². The first kappa shape index (κ1) is 30.6. The van der Waals surface area contributed by atoms with Crippen LogP contribution in [0.15, 0.2) is 78.9 Å². The lowest BCUT2D eigenvalue weighted by Gasteiger charge is -2.35. The third-order valence-electron chi connectivity index (χ3n) is 7.32. The summed E-state index contributed by atoms with van der Waals surface area (Å²) in [6, 6.07) is 21.8. The predicted octanol–water partition coefficient (Wildman–Crippen LogP) is 5.43. The fourth-order valence-corrected chi connectivity index (χ4v) is 5.02. The Hall–Kier alpha value is -4.33. The first-order chi connectivity index (χ1) is 19.9. The summed E-state index contributed by atoms with van der Waals surface area (Å²) in [5, 5.41) is 16.0. The van der Waals surface area contributed by atoms with Crippen molar-refractivity contribution >= 4 is 17.9 Å². The van der Waals surface area contributed by atoms with Crippen LogP contribution in [-0.4, -0.2) is 45.6 Å². The Morgan fingerprint density at radius 2 is 1.57 bits per heavy atom. The SMILES string of the molecule is Cc1cc(C(C(=O)NCc2ccccc2)N(C(=O)C(Cc2ccccc2)NC(=O)OC(C)(C)C)C2CC2C)ccc1O. The van der Waals surface area contributed by atoms with Crippen molar-refractivity contribution in [2.75, 3.05) is 0 Å². The number of aryl methyl sites for hydroxylation is 1. The molecule has 222 valence electrons. The van der Waals surface area contributed by atoms with Crippen LogP contribution in [0.3, 0.4) is 0 Å². The van der Waals surface area contributed by atoms with Crippen molar-refractivity contribution in [1.29, 1.82) is 0 Å². The standard InChI is InChI=1S/C34H41N3O5/c1-22-19-28(22)37(32(40)27(20-24-12-8-6-9-13-24)36-33(41)42-34(3,4)5)30(26-16-17-29(38)23(2)18-26)31(39)35-21-25-14-10-7-11-15-25/h6-18,22,27-28,30,38H,19-21H2,1-5H3,(H,35,39)(H,36,41). The summed E-state index contributed by atoms with van der Waals surface area (Å²) in [6.07, 6.45) is 0.255. The van der Waals surface area contributed by atoms with Gasteiger partial charge in [-0.1, -0.05) is 73.7 Å². The molecule has 42 heavy (non-hydrogen) atoms. The van der Waals surface area contributed by atoms with Gasteiger partial charge >= 0.3 is 6.09 Å². The molecule has 3 N–H and O–H groups in total. The number of hydrogen-bond acceptors (Lipinski definition) is 5. The summed E-state index contributed by atoms with van der Waals surface area (Å²) < 4.78 is 5.51. The maximum atomic E-state index is 14.5. The second-order valence-electron chi connectivity index (χ2n) is 12.1. The molecule has 4 atom stereocenters. The Balaban J connectivity index is 1.72. The number of amides is 3. The zero-order valence-corrected chi connectivity index (χ0v) is 25.0. The fraction of sp³-hybridized carbons (Fsp3) is 0.382. The molecular formula is C34H41N3O5. The van der Waals surface area contributed by atoms with Gasteiger partial charge in [0, 0.05) is 19.0 Å². The molecule has 3 aromatic carbocycles. The summed E-state index contributed by atoms with van der Waals surface area (Å²) in [4.78, 5) is 43.1. The number of phenols is 1. The number of aromatic hydroxyl groups is 1. The van der Waals surface area contributed by atoms with E-state index >= 15 is 0 Å². The van der Waals surface area contributed by atoms with Crippen molar-refractivity contribution in [2.45, 2.75) is 77.7 Å². The largest absolute Gasteiger partial charge is 0.508 e. The van der Waals surface area contributed by atoms with Gasteiger partial charge in [0.05, 0.1) is 0 Å². The highest BCUT2D eigenvalue weighted by molar-refractivity contribution is 5.93. The van der Waals surface area contributed by atoms with Crippen LogP contribution in [0.1, 0.15) is 62.4 Å². The van der Waals surface area contributed by atoms with Crippen LogP contribution in [0.4, 0.5) is 4.79 Å². The second kappa shape index (κ2) is 13.1. The van der Waals surface area contributed by atoms with Gasteiger partial charge in [-0.3, -0.25) is 9.59 Å². The van der Waals surface area contributed by atoms with E-state index in [2.05, 4.69) is 10.6 Å². The topological polar surface area (TPSA) is 108 Å². The molecule has 0 spiro atoms. The zero-order valence-electron chi connectivity index (χ0n) is 25.0. The maximum Gasteiger partial charge on any atom is 0.408 e. The van der Waals surface area contributed by atoms with Gasteiger partial charge in [-0.15, -0.1) is 0 Å². The van der Waals surface area contributed by atoms with Gasteiger partial charge in [-0.05, 0) is 74.4 Å². The van der Waals surface area contributed by atoms with Crippen LogP contribution in [-0.2, 0) is 27.3 Å². The molecule has 0 radical (unpaired) electrons. The van der Waals surface area contributed by atoms with Crippen LogP contribution >= 0.6 is 0 Å². The first-order valence-corrected chi connectivity index (χ1v) is 14.4. The highest BCUT2D eigenvalue weighted by Gasteiger charge is 2.48. The first-order valence-electron chi connectivity index (χ1n) is 14.4. The molecule has 8 nitrogen and oxygen atoms in total. The van der Waals surface area contributed by atoms with Crippen molar-refractivity contribution in [3.63, 3.8) is 0 Å². The zero-order chi connectivity index (χ0) is 30.4. The number of carbonyl (C=O) groups is 3. The number of rotatable bonds is 10. The molecule has 0 heterocycles. The van der Waals surface area contributed by atoms with Gasteiger partial charge < -0.3 is 25.4 Å². The lowest BCUT2D eigenvalue weighted by Crippen LogP contribution is -2.54. The Morgan fingerprint density at radius 3 is 2.12 bits per heavy atom. The number of nitrogens with zero attached hydrogens (tertiary/aromatic N) is 1. The van der Waals surface area contributed by atoms with Gasteiger partial charge in [-0.2, -0.15) is 0 Å². The number of nitrogens with one attached hydrogen (secondary N) is 2. The Morgan fingerprint density at radius 1 is 0.976 bits per heavy atom. The Kier molecular flexibility index (Phi) is 9.55. The molecule has 3 amide bonds. The van der Waals surface area contributed by atoms with E-state index in [0.29, 0.717) is 17.7 Å². The highest BCUT2D eigenvalue weighted by Crippen LogP contribution is 2.41. The van der Waals surface area contributed by atoms with Crippen molar-refractivity contribution in [2.24, 2.45) is 5.92 Å². The molecule has 0 aromatic heterocycles. The summed E-state index contributed by atoms with van der Waals surface area (Å²) in [7, 11) is 0. The van der Waals surface area contributed by atoms with E-state index < -0.39 is 23.8 Å². The number of alkyl carbamates (subject to hydrolysis) is 1. The average Bonchev–Trinajstić information content (AvgIpc) is 3.67. The molecule has 0 saturated heterocycles. The quantitative estimate of drug-likeness (QED) is 0.301. The van der Waals surface area contributed by atoms with E-state index in [9.17, 15) is 19.5 Å². The summed E-state index contributed by atoms with van der Waals surface area (Å²) >= 11 is 0. The molecule has 1 aliphatic rings. The minimum absolute atomic E-state index is 0.105. The van der Waals surface area contributed by atoms with Crippen LogP contribution in [0.25, 0.3) is 0 Å². The van der Waals surface area contributed by atoms with E-state index in [4.69, 9.17) is 4.74 Å². The molecule has 8 heteroatoms. The van der Waals surface area contributed by atoms with Crippen LogP contribution in [0.2, 0.25) is 0 Å². The minimum Gasteiger partial charge on any atom is -0.508 e. The molecule has 4 rings (SSSR count). The van der Waals surface area contributed by atoms with E-state index in [1.807, 2.05) is 67.6 Å². The maximum absolute atomic E-state index is 14.5. The molecule has 4 unspecified atom stereocenters. The van der Waals surface area contributed by atoms with Gasteiger partial charge in [-0.25, -0.2) is 4.79 Å². The van der Waals surface area contributed by atoms with E-state index in [-0.39, 0.29) is 35.9 Å². The van der Waals surface area contributed by atoms with Crippen molar-refractivity contribution in [3.8, 4) is 5.75 Å². The Bertz CT molecular complexity index is 1390. The van der Waals surface area contributed by atoms with Crippen LogP contribution < -0.4 is 10.6 Å². The summed E-state index contributed by atoms with van der Waals surface area (Å²) in [5.41, 5.74) is 2.22. The fourth-order valence-electron chi connectivity index (χ4n) is 5.02. The van der Waals surface area contributed by atoms with E-state index in [1.165, 1.54) is 0 Å². The molecule has 1 fully saturated rings. The Labute approximate surface area is 248 Å². The van der Waals surface area contributed by atoms with Crippen LogP contribution in [0.5, 0.6) is 5.75 Å². The summed E-state index contributed by atoms with van der Waals surface area (Å²) in [5.74, 6) is -0.430. The van der Waals surface area contributed by atoms with E-state index in [1.54, 1.807) is 50.8 Å². The monoisotopic (exact) mass is 571 g/mol. The van der Waals surface area contributed by atoms with Crippen molar-refractivity contribution < 1.29 is 24.2 Å². The van der Waals surface area contributed by atoms with Crippen molar-refractivity contribution in [1.82, 2.24) is 15.5 Å². The normalized spacial score (nSPS) is 17.5. The molecule has 0 aliphatic heterocycles. The second-order valence-corrected chi connectivity index (χ2v) is 12.1. The molecule has 0 bridgehead atoms. The minimum atomic E-state index is -0.978. The van der Waals surface area contributed by atoms with Crippen molar-refractivity contribution in [3.05, 3.63) is 101 Å². The average molecular weight is 572 g/mol. The van der Waals surface area contributed by atoms with Gasteiger partial charge in [0.25, 0.3) is 0 Å².